The zero-order valence-corrected chi connectivity index (χ0v) is 10.8. The highest BCUT2D eigenvalue weighted by Crippen LogP contribution is 2.39. The number of likely N-dealkylation sites (tertiary alicyclic amines) is 1. The van der Waals surface area contributed by atoms with E-state index in [4.69, 9.17) is 0 Å². The van der Waals surface area contributed by atoms with Gasteiger partial charge in [0.2, 0.25) is 0 Å². The molecule has 1 aromatic carbocycles. The second-order valence-electron chi connectivity index (χ2n) is 5.42. The van der Waals surface area contributed by atoms with Gasteiger partial charge in [-0.3, -0.25) is 4.90 Å². The van der Waals surface area contributed by atoms with Crippen LogP contribution >= 0.6 is 0 Å². The van der Waals surface area contributed by atoms with Gasteiger partial charge in [0.1, 0.15) is 11.4 Å². The van der Waals surface area contributed by atoms with Gasteiger partial charge in [0.25, 0.3) is 0 Å². The van der Waals surface area contributed by atoms with E-state index in [1.165, 1.54) is 12.1 Å². The van der Waals surface area contributed by atoms with E-state index < -0.39 is 5.60 Å². The quantitative estimate of drug-likeness (QED) is 0.862. The molecule has 18 heavy (non-hydrogen) atoms. The van der Waals surface area contributed by atoms with Gasteiger partial charge in [-0.2, -0.15) is 0 Å². The number of benzene rings is 1. The Morgan fingerprint density at radius 1 is 1.50 bits per heavy atom. The summed E-state index contributed by atoms with van der Waals surface area (Å²) in [5, 5.41) is 19.5. The number of rotatable bonds is 3. The minimum absolute atomic E-state index is 0.0437. The Kier molecular flexibility index (Phi) is 3.71. The summed E-state index contributed by atoms with van der Waals surface area (Å²) in [4.78, 5) is 2.10. The Balaban J connectivity index is 2.30. The van der Waals surface area contributed by atoms with E-state index >= 15 is 0 Å². The third-order valence-corrected chi connectivity index (χ3v) is 3.64. The van der Waals surface area contributed by atoms with Crippen LogP contribution in [0, 0.1) is 5.82 Å². The molecule has 1 aliphatic rings. The molecule has 0 saturated carbocycles. The molecule has 0 aliphatic carbocycles. The number of nitrogens with zero attached hydrogens (tertiary/aromatic N) is 1. The van der Waals surface area contributed by atoms with E-state index in [9.17, 15) is 14.6 Å². The summed E-state index contributed by atoms with van der Waals surface area (Å²) >= 11 is 0. The largest absolute Gasteiger partial charge is 0.393 e. The van der Waals surface area contributed by atoms with Crippen LogP contribution in [0.25, 0.3) is 0 Å². The van der Waals surface area contributed by atoms with Crippen LogP contribution < -0.4 is 0 Å². The van der Waals surface area contributed by atoms with Crippen molar-refractivity contribution >= 4 is 0 Å². The summed E-state index contributed by atoms with van der Waals surface area (Å²) in [6, 6.07) is 6.65. The van der Waals surface area contributed by atoms with E-state index in [1.807, 2.05) is 19.9 Å². The second kappa shape index (κ2) is 4.96. The fraction of sp³-hybridized carbons (Fsp3) is 0.571. The average Bonchev–Trinajstić information content (AvgIpc) is 2.69. The minimum atomic E-state index is -1.08. The molecule has 1 aliphatic heterocycles. The molecule has 2 unspecified atom stereocenters. The molecule has 4 heteroatoms. The molecule has 1 saturated heterocycles. The standard InChI is InChI=1S/C14H20FNO2/c1-10(2)16-8-14(18,9-17)7-13(16)11-4-3-5-12(15)6-11/h3-6,10,13,17-18H,7-9H2,1-2H3. The van der Waals surface area contributed by atoms with Crippen molar-refractivity contribution in [1.82, 2.24) is 4.90 Å². The van der Waals surface area contributed by atoms with Gasteiger partial charge in [0, 0.05) is 18.6 Å². The zero-order valence-electron chi connectivity index (χ0n) is 10.8. The summed E-state index contributed by atoms with van der Waals surface area (Å²) in [7, 11) is 0. The molecule has 0 spiro atoms. The van der Waals surface area contributed by atoms with Gasteiger partial charge < -0.3 is 10.2 Å². The third-order valence-electron chi connectivity index (χ3n) is 3.64. The molecule has 0 aromatic heterocycles. The number of hydrogen-bond donors (Lipinski definition) is 2. The predicted molar refractivity (Wildman–Crippen MR) is 67.6 cm³/mol. The van der Waals surface area contributed by atoms with Crippen LogP contribution in [0.2, 0.25) is 0 Å². The predicted octanol–water partition coefficient (Wildman–Crippen LogP) is 1.70. The maximum Gasteiger partial charge on any atom is 0.123 e. The Hall–Kier alpha value is -0.970. The minimum Gasteiger partial charge on any atom is -0.393 e. The van der Waals surface area contributed by atoms with Gasteiger partial charge in [0.05, 0.1) is 6.61 Å². The Bertz CT molecular complexity index is 424. The highest BCUT2D eigenvalue weighted by molar-refractivity contribution is 5.23. The Labute approximate surface area is 107 Å². The zero-order chi connectivity index (χ0) is 13.3. The first kappa shape index (κ1) is 13.5. The maximum absolute atomic E-state index is 13.3. The lowest BCUT2D eigenvalue weighted by Gasteiger charge is -2.28. The number of aliphatic hydroxyl groups is 2. The maximum atomic E-state index is 13.3. The van der Waals surface area contributed by atoms with Crippen molar-refractivity contribution < 1.29 is 14.6 Å². The molecule has 2 atom stereocenters. The fourth-order valence-corrected chi connectivity index (χ4v) is 2.67. The summed E-state index contributed by atoms with van der Waals surface area (Å²) in [5.74, 6) is -0.268. The first-order chi connectivity index (χ1) is 8.45. The normalized spacial score (nSPS) is 29.1. The van der Waals surface area contributed by atoms with Crippen LogP contribution in [0.3, 0.4) is 0 Å². The average molecular weight is 253 g/mol. The van der Waals surface area contributed by atoms with E-state index in [2.05, 4.69) is 4.90 Å². The highest BCUT2D eigenvalue weighted by Gasteiger charge is 2.43. The molecule has 0 radical (unpaired) electrons. The summed E-state index contributed by atoms with van der Waals surface area (Å²) in [6.45, 7) is 4.23. The Morgan fingerprint density at radius 2 is 2.22 bits per heavy atom. The molecule has 1 aromatic rings. The lowest BCUT2D eigenvalue weighted by molar-refractivity contribution is -0.00745. The fourth-order valence-electron chi connectivity index (χ4n) is 2.67. The van der Waals surface area contributed by atoms with Crippen molar-refractivity contribution in [2.45, 2.75) is 38.0 Å². The van der Waals surface area contributed by atoms with Gasteiger partial charge in [-0.15, -0.1) is 0 Å². The summed E-state index contributed by atoms with van der Waals surface area (Å²) in [6.07, 6.45) is 0.436. The van der Waals surface area contributed by atoms with Crippen molar-refractivity contribution in [3.05, 3.63) is 35.6 Å². The van der Waals surface area contributed by atoms with Crippen LogP contribution in [0.15, 0.2) is 24.3 Å². The van der Waals surface area contributed by atoms with Crippen molar-refractivity contribution in [2.75, 3.05) is 13.2 Å². The summed E-state index contributed by atoms with van der Waals surface area (Å²) in [5.41, 5.74) is -0.227. The van der Waals surface area contributed by atoms with E-state index in [-0.39, 0.29) is 24.5 Å². The number of β-amino-alcohol motifs (C(OH)–C–C–N with tert-alkyl or cyclic N) is 1. The molecule has 1 fully saturated rings. The van der Waals surface area contributed by atoms with Crippen molar-refractivity contribution in [1.29, 1.82) is 0 Å². The molecule has 100 valence electrons. The molecule has 0 bridgehead atoms. The molecule has 0 amide bonds. The molecular formula is C14H20FNO2. The topological polar surface area (TPSA) is 43.7 Å². The molecule has 2 rings (SSSR count). The van der Waals surface area contributed by atoms with Crippen molar-refractivity contribution in [3.63, 3.8) is 0 Å². The van der Waals surface area contributed by atoms with E-state index in [0.29, 0.717) is 13.0 Å². The SMILES string of the molecule is CC(C)N1CC(O)(CO)CC1c1cccc(F)c1. The second-order valence-corrected chi connectivity index (χ2v) is 5.42. The van der Waals surface area contributed by atoms with Crippen LogP contribution in [-0.2, 0) is 0 Å². The van der Waals surface area contributed by atoms with Crippen molar-refractivity contribution in [3.8, 4) is 0 Å². The van der Waals surface area contributed by atoms with Gasteiger partial charge >= 0.3 is 0 Å². The Morgan fingerprint density at radius 3 is 2.78 bits per heavy atom. The van der Waals surface area contributed by atoms with Crippen LogP contribution in [0.5, 0.6) is 0 Å². The third kappa shape index (κ3) is 2.55. The smallest absolute Gasteiger partial charge is 0.123 e. The number of hydrogen-bond acceptors (Lipinski definition) is 3. The lowest BCUT2D eigenvalue weighted by Crippen LogP contribution is -2.39. The molecule has 1 heterocycles. The highest BCUT2D eigenvalue weighted by atomic mass is 19.1. The first-order valence-electron chi connectivity index (χ1n) is 6.30. The first-order valence-corrected chi connectivity index (χ1v) is 6.30. The molecular weight excluding hydrogens is 233 g/mol. The van der Waals surface area contributed by atoms with Crippen LogP contribution in [-0.4, -0.2) is 39.9 Å². The van der Waals surface area contributed by atoms with Crippen LogP contribution in [0.4, 0.5) is 4.39 Å². The van der Waals surface area contributed by atoms with Gasteiger partial charge in [0.15, 0.2) is 0 Å². The molecule has 2 N–H and O–H groups in total. The number of halogens is 1. The van der Waals surface area contributed by atoms with Gasteiger partial charge in [-0.25, -0.2) is 4.39 Å². The van der Waals surface area contributed by atoms with Gasteiger partial charge in [-0.1, -0.05) is 12.1 Å². The van der Waals surface area contributed by atoms with Crippen LogP contribution in [0.1, 0.15) is 31.9 Å². The van der Waals surface area contributed by atoms with Crippen molar-refractivity contribution in [2.24, 2.45) is 0 Å². The lowest BCUT2D eigenvalue weighted by atomic mass is 9.97. The van der Waals surface area contributed by atoms with E-state index in [0.717, 1.165) is 5.56 Å². The monoisotopic (exact) mass is 253 g/mol. The molecule has 3 nitrogen and oxygen atoms in total. The summed E-state index contributed by atoms with van der Waals surface area (Å²) < 4.78 is 13.3. The van der Waals surface area contributed by atoms with E-state index in [1.54, 1.807) is 6.07 Å². The number of aliphatic hydroxyl groups excluding tert-OH is 1. The van der Waals surface area contributed by atoms with Gasteiger partial charge in [-0.05, 0) is 38.0 Å².